The summed E-state index contributed by atoms with van der Waals surface area (Å²) < 4.78 is 18.6. The minimum Gasteiger partial charge on any atom is -0.379 e. The highest BCUT2D eigenvalue weighted by Crippen LogP contribution is 2.30. The molecule has 5 heteroatoms. The molecule has 2 aliphatic heterocycles. The van der Waals surface area contributed by atoms with Gasteiger partial charge in [0, 0.05) is 32.2 Å². The second-order valence-corrected chi connectivity index (χ2v) is 7.54. The number of rotatable bonds is 3. The number of halogens is 1. The van der Waals surface area contributed by atoms with Crippen molar-refractivity contribution in [2.45, 2.75) is 32.2 Å². The van der Waals surface area contributed by atoms with Crippen LogP contribution in [0.4, 0.5) is 4.39 Å². The monoisotopic (exact) mass is 334 g/mol. The summed E-state index contributed by atoms with van der Waals surface area (Å²) in [5.74, 6) is 0.303. The molecule has 0 aromatic heterocycles. The lowest BCUT2D eigenvalue weighted by Crippen LogP contribution is -2.48. The van der Waals surface area contributed by atoms with Gasteiger partial charge in [-0.25, -0.2) is 4.39 Å². The molecule has 24 heavy (non-hydrogen) atoms. The maximum Gasteiger partial charge on any atom is 0.232 e. The molecule has 4 nitrogen and oxygen atoms in total. The van der Waals surface area contributed by atoms with Crippen molar-refractivity contribution in [1.82, 2.24) is 9.80 Å². The SMILES string of the molecule is CC1CN(C(=O)C(C)(C)c2ccc(F)cc2)CC1N1CCOCC1. The molecule has 2 fully saturated rings. The topological polar surface area (TPSA) is 32.8 Å². The van der Waals surface area contributed by atoms with E-state index in [2.05, 4.69) is 11.8 Å². The molecule has 0 N–H and O–H groups in total. The van der Waals surface area contributed by atoms with Gasteiger partial charge in [-0.1, -0.05) is 19.1 Å². The smallest absolute Gasteiger partial charge is 0.232 e. The zero-order valence-electron chi connectivity index (χ0n) is 14.8. The van der Waals surface area contributed by atoms with Gasteiger partial charge < -0.3 is 9.64 Å². The van der Waals surface area contributed by atoms with Crippen LogP contribution in [0.15, 0.2) is 24.3 Å². The van der Waals surface area contributed by atoms with Crippen molar-refractivity contribution in [3.8, 4) is 0 Å². The van der Waals surface area contributed by atoms with Gasteiger partial charge in [-0.3, -0.25) is 9.69 Å². The number of ether oxygens (including phenoxy) is 1. The number of hydrogen-bond donors (Lipinski definition) is 0. The molecule has 2 aliphatic rings. The van der Waals surface area contributed by atoms with E-state index in [0.29, 0.717) is 12.0 Å². The lowest BCUT2D eigenvalue weighted by atomic mass is 9.83. The highest BCUT2D eigenvalue weighted by Gasteiger charge is 2.41. The predicted molar refractivity (Wildman–Crippen MR) is 91.4 cm³/mol. The summed E-state index contributed by atoms with van der Waals surface area (Å²) in [6.45, 7) is 11.1. The molecule has 0 saturated carbocycles. The van der Waals surface area contributed by atoms with E-state index in [1.807, 2.05) is 18.7 Å². The third-order valence-corrected chi connectivity index (χ3v) is 5.48. The fraction of sp³-hybridized carbons (Fsp3) is 0.632. The van der Waals surface area contributed by atoms with Gasteiger partial charge in [-0.15, -0.1) is 0 Å². The standard InChI is InChI=1S/C19H27FN2O2/c1-14-12-22(13-17(14)21-8-10-24-11-9-21)18(23)19(2,3)15-4-6-16(20)7-5-15/h4-7,14,17H,8-13H2,1-3H3. The minimum absolute atomic E-state index is 0.122. The van der Waals surface area contributed by atoms with Crippen LogP contribution in [-0.2, 0) is 14.9 Å². The maximum absolute atomic E-state index is 13.2. The molecule has 0 spiro atoms. The molecule has 1 aromatic carbocycles. The van der Waals surface area contributed by atoms with E-state index in [0.717, 1.165) is 45.0 Å². The van der Waals surface area contributed by atoms with Crippen LogP contribution in [-0.4, -0.2) is 61.1 Å². The Labute approximate surface area is 143 Å². The number of morpholine rings is 1. The molecule has 2 saturated heterocycles. The number of nitrogens with zero attached hydrogens (tertiary/aromatic N) is 2. The first kappa shape index (κ1) is 17.4. The van der Waals surface area contributed by atoms with E-state index in [9.17, 15) is 9.18 Å². The van der Waals surface area contributed by atoms with E-state index < -0.39 is 5.41 Å². The van der Waals surface area contributed by atoms with Crippen molar-refractivity contribution in [1.29, 1.82) is 0 Å². The molecule has 2 atom stereocenters. The lowest BCUT2D eigenvalue weighted by Gasteiger charge is -2.34. The first-order chi connectivity index (χ1) is 11.4. The summed E-state index contributed by atoms with van der Waals surface area (Å²) in [5, 5.41) is 0. The Bertz CT molecular complexity index is 582. The zero-order chi connectivity index (χ0) is 17.3. The number of amides is 1. The number of carbonyl (C=O) groups is 1. The summed E-state index contributed by atoms with van der Waals surface area (Å²) in [7, 11) is 0. The van der Waals surface area contributed by atoms with Crippen LogP contribution >= 0.6 is 0 Å². The average Bonchev–Trinajstić information content (AvgIpc) is 2.97. The van der Waals surface area contributed by atoms with Crippen molar-refractivity contribution in [2.75, 3.05) is 39.4 Å². The Morgan fingerprint density at radius 2 is 1.79 bits per heavy atom. The van der Waals surface area contributed by atoms with Crippen LogP contribution in [0, 0.1) is 11.7 Å². The van der Waals surface area contributed by atoms with Crippen molar-refractivity contribution in [3.63, 3.8) is 0 Å². The molecule has 0 bridgehead atoms. The van der Waals surface area contributed by atoms with Gasteiger partial charge in [0.1, 0.15) is 5.82 Å². The fourth-order valence-electron chi connectivity index (χ4n) is 3.89. The first-order valence-corrected chi connectivity index (χ1v) is 8.77. The Balaban J connectivity index is 1.71. The van der Waals surface area contributed by atoms with E-state index in [1.165, 1.54) is 12.1 Å². The van der Waals surface area contributed by atoms with E-state index in [1.54, 1.807) is 12.1 Å². The second kappa shape index (κ2) is 6.81. The van der Waals surface area contributed by atoms with Crippen molar-refractivity contribution < 1.29 is 13.9 Å². The van der Waals surface area contributed by atoms with Gasteiger partial charge in [-0.05, 0) is 37.5 Å². The number of hydrogen-bond acceptors (Lipinski definition) is 3. The number of carbonyl (C=O) groups excluding carboxylic acids is 1. The summed E-state index contributed by atoms with van der Waals surface area (Å²) in [6, 6.07) is 6.68. The van der Waals surface area contributed by atoms with Crippen LogP contribution in [0.2, 0.25) is 0 Å². The molecule has 0 radical (unpaired) electrons. The summed E-state index contributed by atoms with van der Waals surface area (Å²) in [4.78, 5) is 17.5. The van der Waals surface area contributed by atoms with Gasteiger partial charge in [0.2, 0.25) is 5.91 Å². The second-order valence-electron chi connectivity index (χ2n) is 7.54. The molecule has 0 aliphatic carbocycles. The van der Waals surface area contributed by atoms with E-state index >= 15 is 0 Å². The molecular formula is C19H27FN2O2. The summed E-state index contributed by atoms with van der Waals surface area (Å²) >= 11 is 0. The first-order valence-electron chi connectivity index (χ1n) is 8.77. The molecular weight excluding hydrogens is 307 g/mol. The third-order valence-electron chi connectivity index (χ3n) is 5.48. The normalized spacial score (nSPS) is 25.9. The molecule has 2 heterocycles. The summed E-state index contributed by atoms with van der Waals surface area (Å²) in [6.07, 6.45) is 0. The van der Waals surface area contributed by atoms with Gasteiger partial charge in [-0.2, -0.15) is 0 Å². The van der Waals surface area contributed by atoms with Crippen molar-refractivity contribution in [3.05, 3.63) is 35.6 Å². The molecule has 1 amide bonds. The van der Waals surface area contributed by atoms with Crippen LogP contribution in [0.5, 0.6) is 0 Å². The predicted octanol–water partition coefficient (Wildman–Crippen LogP) is 2.28. The Hall–Kier alpha value is -1.46. The minimum atomic E-state index is -0.646. The Morgan fingerprint density at radius 1 is 1.17 bits per heavy atom. The van der Waals surface area contributed by atoms with Crippen LogP contribution in [0.3, 0.4) is 0 Å². The Kier molecular flexibility index (Phi) is 4.92. The highest BCUT2D eigenvalue weighted by molar-refractivity contribution is 5.87. The quantitative estimate of drug-likeness (QED) is 0.850. The van der Waals surface area contributed by atoms with Gasteiger partial charge in [0.15, 0.2) is 0 Å². The molecule has 132 valence electrons. The van der Waals surface area contributed by atoms with Gasteiger partial charge >= 0.3 is 0 Å². The van der Waals surface area contributed by atoms with E-state index in [4.69, 9.17) is 4.74 Å². The van der Waals surface area contributed by atoms with Crippen LogP contribution in [0.1, 0.15) is 26.3 Å². The van der Waals surface area contributed by atoms with Gasteiger partial charge in [0.25, 0.3) is 0 Å². The highest BCUT2D eigenvalue weighted by atomic mass is 19.1. The molecule has 2 unspecified atom stereocenters. The molecule has 1 aromatic rings. The lowest BCUT2D eigenvalue weighted by molar-refractivity contribution is -0.135. The van der Waals surface area contributed by atoms with Crippen molar-refractivity contribution >= 4 is 5.91 Å². The third kappa shape index (κ3) is 3.33. The average molecular weight is 334 g/mol. The zero-order valence-corrected chi connectivity index (χ0v) is 14.8. The Morgan fingerprint density at radius 3 is 2.42 bits per heavy atom. The fourth-order valence-corrected chi connectivity index (χ4v) is 3.89. The number of benzene rings is 1. The molecule has 3 rings (SSSR count). The number of likely N-dealkylation sites (tertiary alicyclic amines) is 1. The van der Waals surface area contributed by atoms with Crippen LogP contribution < -0.4 is 0 Å². The summed E-state index contributed by atoms with van der Waals surface area (Å²) in [5.41, 5.74) is 0.212. The van der Waals surface area contributed by atoms with Crippen LogP contribution in [0.25, 0.3) is 0 Å². The van der Waals surface area contributed by atoms with E-state index in [-0.39, 0.29) is 11.7 Å². The van der Waals surface area contributed by atoms with Crippen molar-refractivity contribution in [2.24, 2.45) is 5.92 Å². The largest absolute Gasteiger partial charge is 0.379 e. The van der Waals surface area contributed by atoms with Gasteiger partial charge in [0.05, 0.1) is 18.6 Å². The maximum atomic E-state index is 13.2.